The third-order valence-corrected chi connectivity index (χ3v) is 3.12. The fraction of sp³-hybridized carbons (Fsp3) is 0.333. The largest absolute Gasteiger partial charge is 0.454 e. The van der Waals surface area contributed by atoms with Crippen LogP contribution in [0, 0.1) is 5.92 Å². The number of hydrogen-bond donors (Lipinski definition) is 0. The summed E-state index contributed by atoms with van der Waals surface area (Å²) in [6, 6.07) is 4.66. The van der Waals surface area contributed by atoms with Gasteiger partial charge in [0.2, 0.25) is 6.79 Å². The molecule has 20 heavy (non-hydrogen) atoms. The Labute approximate surface area is 115 Å². The standard InChI is InChI=1S/C15H14O5/c1-8(2)5-10(16)13-14-9(3-4-12(17)20-14)6-11-15(13)19-7-18-11/h3-4,6,8H,5,7H2,1-2H3. The van der Waals surface area contributed by atoms with E-state index in [4.69, 9.17) is 13.9 Å². The van der Waals surface area contributed by atoms with E-state index in [0.717, 1.165) is 0 Å². The first kappa shape index (κ1) is 12.7. The van der Waals surface area contributed by atoms with Gasteiger partial charge in [0.15, 0.2) is 22.9 Å². The van der Waals surface area contributed by atoms with E-state index >= 15 is 0 Å². The summed E-state index contributed by atoms with van der Waals surface area (Å²) in [5.74, 6) is 0.976. The monoisotopic (exact) mass is 274 g/mol. The van der Waals surface area contributed by atoms with E-state index in [1.807, 2.05) is 13.8 Å². The molecule has 1 aromatic carbocycles. The summed E-state index contributed by atoms with van der Waals surface area (Å²) in [5.41, 5.74) is 0.0868. The van der Waals surface area contributed by atoms with E-state index in [0.29, 0.717) is 28.9 Å². The molecule has 0 bridgehead atoms. The first-order chi connectivity index (χ1) is 9.56. The SMILES string of the molecule is CC(C)CC(=O)c1c2c(cc3ccc(=O)oc13)OCO2. The average Bonchev–Trinajstić information content (AvgIpc) is 2.82. The van der Waals surface area contributed by atoms with Crippen LogP contribution >= 0.6 is 0 Å². The van der Waals surface area contributed by atoms with E-state index in [1.54, 1.807) is 12.1 Å². The summed E-state index contributed by atoms with van der Waals surface area (Å²) in [7, 11) is 0. The Morgan fingerprint density at radius 2 is 2.10 bits per heavy atom. The summed E-state index contributed by atoms with van der Waals surface area (Å²) in [4.78, 5) is 23.9. The first-order valence-corrected chi connectivity index (χ1v) is 6.46. The van der Waals surface area contributed by atoms with Crippen molar-refractivity contribution in [1.82, 2.24) is 0 Å². The lowest BCUT2D eigenvalue weighted by atomic mass is 9.98. The highest BCUT2D eigenvalue weighted by atomic mass is 16.7. The molecule has 0 amide bonds. The van der Waals surface area contributed by atoms with Crippen molar-refractivity contribution in [3.8, 4) is 11.5 Å². The van der Waals surface area contributed by atoms with Gasteiger partial charge in [0.25, 0.3) is 0 Å². The molecule has 1 aliphatic heterocycles. The fourth-order valence-corrected chi connectivity index (χ4v) is 2.30. The summed E-state index contributed by atoms with van der Waals surface area (Å²) in [6.45, 7) is 3.98. The Hall–Kier alpha value is -2.30. The molecule has 5 heteroatoms. The maximum atomic E-state index is 12.4. The lowest BCUT2D eigenvalue weighted by molar-refractivity contribution is 0.0964. The second-order valence-corrected chi connectivity index (χ2v) is 5.18. The highest BCUT2D eigenvalue weighted by molar-refractivity contribution is 6.09. The van der Waals surface area contributed by atoms with Crippen LogP contribution in [0.4, 0.5) is 0 Å². The summed E-state index contributed by atoms with van der Waals surface area (Å²) >= 11 is 0. The molecule has 104 valence electrons. The number of fused-ring (bicyclic) bond motifs is 2. The molecule has 1 aromatic heterocycles. The van der Waals surface area contributed by atoms with Crippen molar-refractivity contribution in [2.45, 2.75) is 20.3 Å². The van der Waals surface area contributed by atoms with Crippen molar-refractivity contribution in [3.05, 3.63) is 34.2 Å². The molecule has 0 spiro atoms. The van der Waals surface area contributed by atoms with Crippen LogP contribution in [0.3, 0.4) is 0 Å². The predicted octanol–water partition coefficient (Wildman–Crippen LogP) is 2.75. The van der Waals surface area contributed by atoms with Crippen molar-refractivity contribution in [2.75, 3.05) is 6.79 Å². The highest BCUT2D eigenvalue weighted by Crippen LogP contribution is 2.41. The van der Waals surface area contributed by atoms with Crippen LogP contribution < -0.4 is 15.1 Å². The molecule has 0 fully saturated rings. The van der Waals surface area contributed by atoms with Crippen LogP contribution in [0.5, 0.6) is 11.5 Å². The van der Waals surface area contributed by atoms with Crippen molar-refractivity contribution in [3.63, 3.8) is 0 Å². The normalized spacial score (nSPS) is 13.2. The second-order valence-electron chi connectivity index (χ2n) is 5.18. The van der Waals surface area contributed by atoms with Crippen molar-refractivity contribution in [1.29, 1.82) is 0 Å². The second kappa shape index (κ2) is 4.67. The molecule has 3 rings (SSSR count). The number of hydrogen-bond acceptors (Lipinski definition) is 5. The zero-order valence-corrected chi connectivity index (χ0v) is 11.3. The van der Waals surface area contributed by atoms with Crippen LogP contribution in [0.15, 0.2) is 27.4 Å². The van der Waals surface area contributed by atoms with E-state index in [1.165, 1.54) is 6.07 Å². The third-order valence-electron chi connectivity index (χ3n) is 3.12. The third kappa shape index (κ3) is 2.05. The quantitative estimate of drug-likeness (QED) is 0.636. The average molecular weight is 274 g/mol. The lowest BCUT2D eigenvalue weighted by Crippen LogP contribution is -2.07. The van der Waals surface area contributed by atoms with Gasteiger partial charge in [0, 0.05) is 17.9 Å². The maximum Gasteiger partial charge on any atom is 0.336 e. The number of rotatable bonds is 3. The zero-order chi connectivity index (χ0) is 14.3. The van der Waals surface area contributed by atoms with Gasteiger partial charge >= 0.3 is 5.63 Å². The molecule has 0 saturated carbocycles. The minimum Gasteiger partial charge on any atom is -0.454 e. The predicted molar refractivity (Wildman–Crippen MR) is 72.4 cm³/mol. The molecule has 2 heterocycles. The minimum absolute atomic E-state index is 0.0673. The van der Waals surface area contributed by atoms with Crippen LogP contribution in [0.1, 0.15) is 30.6 Å². The van der Waals surface area contributed by atoms with Gasteiger partial charge in [-0.1, -0.05) is 13.8 Å². The van der Waals surface area contributed by atoms with E-state index in [9.17, 15) is 9.59 Å². The summed E-state index contributed by atoms with van der Waals surface area (Å²) in [6.07, 6.45) is 0.355. The molecule has 0 N–H and O–H groups in total. The van der Waals surface area contributed by atoms with Gasteiger partial charge in [-0.3, -0.25) is 4.79 Å². The Morgan fingerprint density at radius 1 is 1.30 bits per heavy atom. The van der Waals surface area contributed by atoms with Gasteiger partial charge in [0.1, 0.15) is 5.56 Å². The highest BCUT2D eigenvalue weighted by Gasteiger charge is 2.27. The molecule has 0 saturated heterocycles. The van der Waals surface area contributed by atoms with Gasteiger partial charge in [-0.25, -0.2) is 4.79 Å². The van der Waals surface area contributed by atoms with Gasteiger partial charge in [-0.05, 0) is 18.1 Å². The number of benzene rings is 1. The molecule has 5 nitrogen and oxygen atoms in total. The Morgan fingerprint density at radius 3 is 2.85 bits per heavy atom. The number of Topliss-reactive ketones (excluding diaryl/α,β-unsaturated/α-hetero) is 1. The minimum atomic E-state index is -0.491. The van der Waals surface area contributed by atoms with Crippen molar-refractivity contribution < 1.29 is 18.7 Å². The van der Waals surface area contributed by atoms with Crippen molar-refractivity contribution >= 4 is 16.8 Å². The molecule has 0 unspecified atom stereocenters. The molecule has 0 radical (unpaired) electrons. The van der Waals surface area contributed by atoms with Gasteiger partial charge in [-0.15, -0.1) is 0 Å². The Balaban J connectivity index is 2.28. The molecular weight excluding hydrogens is 260 g/mol. The number of carbonyl (C=O) groups is 1. The fourth-order valence-electron chi connectivity index (χ4n) is 2.30. The Bertz CT molecular complexity index is 742. The van der Waals surface area contributed by atoms with E-state index in [2.05, 4.69) is 0 Å². The number of carbonyl (C=O) groups excluding carboxylic acids is 1. The van der Waals surface area contributed by atoms with E-state index in [-0.39, 0.29) is 24.1 Å². The van der Waals surface area contributed by atoms with Crippen molar-refractivity contribution in [2.24, 2.45) is 5.92 Å². The van der Waals surface area contributed by atoms with Crippen LogP contribution in [0.25, 0.3) is 11.0 Å². The molecular formula is C15H14O5. The first-order valence-electron chi connectivity index (χ1n) is 6.46. The van der Waals surface area contributed by atoms with Gasteiger partial charge < -0.3 is 13.9 Å². The molecule has 0 aliphatic carbocycles. The molecule has 0 atom stereocenters. The van der Waals surface area contributed by atoms with Crippen LogP contribution in [-0.4, -0.2) is 12.6 Å². The summed E-state index contributed by atoms with van der Waals surface area (Å²) in [5, 5.41) is 0.654. The molecule has 1 aliphatic rings. The maximum absolute atomic E-state index is 12.4. The smallest absolute Gasteiger partial charge is 0.336 e. The molecule has 2 aromatic rings. The topological polar surface area (TPSA) is 65.7 Å². The van der Waals surface area contributed by atoms with Gasteiger partial charge in [0.05, 0.1) is 0 Å². The lowest BCUT2D eigenvalue weighted by Gasteiger charge is -2.09. The number of ketones is 1. The zero-order valence-electron chi connectivity index (χ0n) is 11.3. The Kier molecular flexibility index (Phi) is 2.97. The summed E-state index contributed by atoms with van der Waals surface area (Å²) < 4.78 is 15.9. The van der Waals surface area contributed by atoms with Crippen LogP contribution in [0.2, 0.25) is 0 Å². The van der Waals surface area contributed by atoms with Crippen LogP contribution in [-0.2, 0) is 0 Å². The number of ether oxygens (including phenoxy) is 2. The van der Waals surface area contributed by atoms with E-state index < -0.39 is 5.63 Å². The van der Waals surface area contributed by atoms with Gasteiger partial charge in [-0.2, -0.15) is 0 Å².